The lowest BCUT2D eigenvalue weighted by molar-refractivity contribution is -0.137. The predicted molar refractivity (Wildman–Crippen MR) is 123 cm³/mol. The van der Waals surface area contributed by atoms with E-state index in [1.165, 1.54) is 37.1 Å². The molecule has 0 fully saturated rings. The molecule has 0 aliphatic heterocycles. The third-order valence-corrected chi connectivity index (χ3v) is 5.73. The van der Waals surface area contributed by atoms with Crippen LogP contribution in [0.5, 0.6) is 5.75 Å². The van der Waals surface area contributed by atoms with Gasteiger partial charge in [-0.05, 0) is 61.5 Å². The number of nitrogens with one attached hydrogen (secondary N) is 2. The van der Waals surface area contributed by atoms with Crippen molar-refractivity contribution in [3.8, 4) is 5.75 Å². The molecule has 33 heavy (non-hydrogen) atoms. The van der Waals surface area contributed by atoms with Gasteiger partial charge in [-0.3, -0.25) is 9.59 Å². The third-order valence-electron chi connectivity index (χ3n) is 4.62. The van der Waals surface area contributed by atoms with Crippen LogP contribution in [0.4, 0.5) is 24.5 Å². The Morgan fingerprint density at radius 1 is 0.939 bits per heavy atom. The standard InChI is InChI=1S/C24H21F3N2O3S/c1-15(22(30)29-21-9-4-3-8-20(21)24(25,26)27)33-19-12-10-17(11-13-19)28-23(31)16-6-5-7-18(14-16)32-2/h3-15H,1-2H3,(H,28,31)(H,29,30). The number of amides is 2. The van der Waals surface area contributed by atoms with Crippen molar-refractivity contribution in [1.82, 2.24) is 0 Å². The van der Waals surface area contributed by atoms with Gasteiger partial charge in [0.15, 0.2) is 0 Å². The van der Waals surface area contributed by atoms with Crippen molar-refractivity contribution in [3.63, 3.8) is 0 Å². The fourth-order valence-corrected chi connectivity index (χ4v) is 3.78. The lowest BCUT2D eigenvalue weighted by Crippen LogP contribution is -2.24. The number of hydrogen-bond acceptors (Lipinski definition) is 4. The van der Waals surface area contributed by atoms with E-state index in [0.717, 1.165) is 11.0 Å². The highest BCUT2D eigenvalue weighted by atomic mass is 32.2. The van der Waals surface area contributed by atoms with E-state index in [0.29, 0.717) is 17.0 Å². The Labute approximate surface area is 193 Å². The number of rotatable bonds is 7. The van der Waals surface area contributed by atoms with Gasteiger partial charge in [0.1, 0.15) is 5.75 Å². The van der Waals surface area contributed by atoms with Crippen molar-refractivity contribution in [1.29, 1.82) is 0 Å². The third kappa shape index (κ3) is 6.52. The average Bonchev–Trinajstić information content (AvgIpc) is 2.80. The van der Waals surface area contributed by atoms with Crippen LogP contribution in [0.25, 0.3) is 0 Å². The van der Waals surface area contributed by atoms with E-state index in [1.807, 2.05) is 0 Å². The van der Waals surface area contributed by atoms with E-state index in [1.54, 1.807) is 55.5 Å². The van der Waals surface area contributed by atoms with Crippen LogP contribution in [-0.2, 0) is 11.0 Å². The molecule has 0 saturated carbocycles. The Kier molecular flexibility index (Phi) is 7.65. The molecule has 0 saturated heterocycles. The summed E-state index contributed by atoms with van der Waals surface area (Å²) in [6.45, 7) is 1.61. The molecule has 0 bridgehead atoms. The topological polar surface area (TPSA) is 67.4 Å². The second-order valence-electron chi connectivity index (χ2n) is 7.00. The van der Waals surface area contributed by atoms with Crippen LogP contribution in [0, 0.1) is 0 Å². The predicted octanol–water partition coefficient (Wildman–Crippen LogP) is 6.09. The number of methoxy groups -OCH3 is 1. The number of anilines is 2. The minimum atomic E-state index is -4.56. The molecule has 9 heteroatoms. The van der Waals surface area contributed by atoms with Crippen LogP contribution in [0.1, 0.15) is 22.8 Å². The molecule has 0 radical (unpaired) electrons. The molecule has 2 amide bonds. The Bertz CT molecular complexity index is 1130. The minimum absolute atomic E-state index is 0.280. The average molecular weight is 475 g/mol. The van der Waals surface area contributed by atoms with Crippen LogP contribution < -0.4 is 15.4 Å². The number of carbonyl (C=O) groups excluding carboxylic acids is 2. The van der Waals surface area contributed by atoms with Crippen molar-refractivity contribution >= 4 is 35.0 Å². The van der Waals surface area contributed by atoms with Gasteiger partial charge in [-0.25, -0.2) is 0 Å². The molecular formula is C24H21F3N2O3S. The molecule has 0 spiro atoms. The zero-order valence-corrected chi connectivity index (χ0v) is 18.6. The van der Waals surface area contributed by atoms with Crippen molar-refractivity contribution in [3.05, 3.63) is 83.9 Å². The van der Waals surface area contributed by atoms with Crippen molar-refractivity contribution in [2.24, 2.45) is 0 Å². The van der Waals surface area contributed by atoms with Gasteiger partial charge in [0, 0.05) is 16.1 Å². The van der Waals surface area contributed by atoms with Crippen LogP contribution in [0.3, 0.4) is 0 Å². The van der Waals surface area contributed by atoms with Crippen LogP contribution in [0.15, 0.2) is 77.7 Å². The van der Waals surface area contributed by atoms with Gasteiger partial charge in [-0.1, -0.05) is 18.2 Å². The smallest absolute Gasteiger partial charge is 0.418 e. The first-order valence-corrected chi connectivity index (χ1v) is 10.7. The molecule has 0 aliphatic rings. The number of para-hydroxylation sites is 1. The highest BCUT2D eigenvalue weighted by Gasteiger charge is 2.33. The second kappa shape index (κ2) is 10.4. The van der Waals surface area contributed by atoms with Crippen molar-refractivity contribution < 1.29 is 27.5 Å². The summed E-state index contributed by atoms with van der Waals surface area (Å²) in [6.07, 6.45) is -4.56. The summed E-state index contributed by atoms with van der Waals surface area (Å²) < 4.78 is 44.5. The Balaban J connectivity index is 1.60. The molecule has 3 aromatic rings. The molecule has 2 N–H and O–H groups in total. The lowest BCUT2D eigenvalue weighted by atomic mass is 10.1. The minimum Gasteiger partial charge on any atom is -0.497 e. The summed E-state index contributed by atoms with van der Waals surface area (Å²) in [5.41, 5.74) is -0.176. The maximum Gasteiger partial charge on any atom is 0.418 e. The molecule has 3 aromatic carbocycles. The van der Waals surface area contributed by atoms with Gasteiger partial charge >= 0.3 is 6.18 Å². The normalized spacial score (nSPS) is 12.0. The number of thioether (sulfide) groups is 1. The van der Waals surface area contributed by atoms with Gasteiger partial charge in [-0.15, -0.1) is 11.8 Å². The Hall–Kier alpha value is -3.46. The summed E-state index contributed by atoms with van der Waals surface area (Å²) in [4.78, 5) is 25.6. The Morgan fingerprint density at radius 2 is 1.64 bits per heavy atom. The van der Waals surface area contributed by atoms with E-state index >= 15 is 0 Å². The first-order valence-electron chi connectivity index (χ1n) is 9.86. The number of ether oxygens (including phenoxy) is 1. The SMILES string of the molecule is COc1cccc(C(=O)Nc2ccc(SC(C)C(=O)Nc3ccccc3C(F)(F)F)cc2)c1. The molecular weight excluding hydrogens is 453 g/mol. The van der Waals surface area contributed by atoms with E-state index in [-0.39, 0.29) is 11.6 Å². The molecule has 0 aliphatic carbocycles. The fourth-order valence-electron chi connectivity index (χ4n) is 2.92. The molecule has 1 unspecified atom stereocenters. The molecule has 0 aromatic heterocycles. The van der Waals surface area contributed by atoms with Gasteiger partial charge in [0.05, 0.1) is 23.6 Å². The van der Waals surface area contributed by atoms with Gasteiger partial charge < -0.3 is 15.4 Å². The van der Waals surface area contributed by atoms with E-state index in [2.05, 4.69) is 10.6 Å². The highest BCUT2D eigenvalue weighted by Crippen LogP contribution is 2.35. The fraction of sp³-hybridized carbons (Fsp3) is 0.167. The van der Waals surface area contributed by atoms with Crippen molar-refractivity contribution in [2.45, 2.75) is 23.2 Å². The van der Waals surface area contributed by atoms with Crippen LogP contribution in [0.2, 0.25) is 0 Å². The molecule has 0 heterocycles. The molecule has 1 atom stereocenters. The number of benzene rings is 3. The summed E-state index contributed by atoms with van der Waals surface area (Å²) >= 11 is 1.19. The van der Waals surface area contributed by atoms with Crippen molar-refractivity contribution in [2.75, 3.05) is 17.7 Å². The zero-order valence-electron chi connectivity index (χ0n) is 17.8. The quantitative estimate of drug-likeness (QED) is 0.407. The Morgan fingerprint density at radius 3 is 2.30 bits per heavy atom. The maximum absolute atomic E-state index is 13.1. The first-order chi connectivity index (χ1) is 15.7. The molecule has 5 nitrogen and oxygen atoms in total. The second-order valence-corrected chi connectivity index (χ2v) is 8.42. The zero-order chi connectivity index (χ0) is 24.0. The summed E-state index contributed by atoms with van der Waals surface area (Å²) in [5, 5.41) is 4.48. The summed E-state index contributed by atoms with van der Waals surface area (Å²) in [7, 11) is 1.52. The number of carbonyl (C=O) groups is 2. The van der Waals surface area contributed by atoms with Crippen LogP contribution in [-0.4, -0.2) is 24.2 Å². The first kappa shape index (κ1) is 24.2. The molecule has 3 rings (SSSR count). The summed E-state index contributed by atoms with van der Waals surface area (Å²) in [5.74, 6) is -0.281. The maximum atomic E-state index is 13.1. The number of hydrogen-bond donors (Lipinski definition) is 2. The lowest BCUT2D eigenvalue weighted by Gasteiger charge is -2.16. The number of halogens is 3. The number of alkyl halides is 3. The van der Waals surface area contributed by atoms with E-state index in [9.17, 15) is 22.8 Å². The van der Waals surface area contributed by atoms with Gasteiger partial charge in [0.2, 0.25) is 5.91 Å². The van der Waals surface area contributed by atoms with Gasteiger partial charge in [-0.2, -0.15) is 13.2 Å². The molecule has 172 valence electrons. The monoisotopic (exact) mass is 474 g/mol. The van der Waals surface area contributed by atoms with Crippen LogP contribution >= 0.6 is 11.8 Å². The highest BCUT2D eigenvalue weighted by molar-refractivity contribution is 8.00. The van der Waals surface area contributed by atoms with E-state index < -0.39 is 22.9 Å². The van der Waals surface area contributed by atoms with E-state index in [4.69, 9.17) is 4.74 Å². The van der Waals surface area contributed by atoms with Gasteiger partial charge in [0.25, 0.3) is 5.91 Å². The summed E-state index contributed by atoms with van der Waals surface area (Å²) in [6, 6.07) is 18.4. The largest absolute Gasteiger partial charge is 0.497 e.